The van der Waals surface area contributed by atoms with E-state index in [0.717, 1.165) is 41.5 Å². The summed E-state index contributed by atoms with van der Waals surface area (Å²) in [6.07, 6.45) is 7.49. The average Bonchev–Trinajstić information content (AvgIpc) is 2.96. The summed E-state index contributed by atoms with van der Waals surface area (Å²) in [5, 5.41) is 9.93. The van der Waals surface area contributed by atoms with Gasteiger partial charge in [0, 0.05) is 17.7 Å². The minimum atomic E-state index is -0.524. The lowest BCUT2D eigenvalue weighted by Gasteiger charge is -2.27. The van der Waals surface area contributed by atoms with Crippen LogP contribution in [0.1, 0.15) is 60.8 Å². The first-order chi connectivity index (χ1) is 19.4. The molecular formula is C33H34N2O5. The highest BCUT2D eigenvalue weighted by atomic mass is 16.5. The highest BCUT2D eigenvalue weighted by Gasteiger charge is 2.31. The number of hydrogen-bond acceptors (Lipinski definition) is 7. The second-order valence-corrected chi connectivity index (χ2v) is 9.61. The van der Waals surface area contributed by atoms with Crippen molar-refractivity contribution in [3.8, 4) is 29.1 Å². The van der Waals surface area contributed by atoms with E-state index in [4.69, 9.17) is 24.7 Å². The van der Waals surface area contributed by atoms with Gasteiger partial charge in [-0.2, -0.15) is 5.26 Å². The van der Waals surface area contributed by atoms with Gasteiger partial charge in [-0.15, -0.1) is 0 Å². The minimum Gasteiger partial charge on any atom is -0.493 e. The summed E-state index contributed by atoms with van der Waals surface area (Å²) in [4.78, 5) is 12.4. The number of nitrogens with zero attached hydrogens (tertiary/aromatic N) is 1. The molecule has 1 atom stereocenters. The molecule has 0 saturated heterocycles. The molecule has 0 saturated carbocycles. The van der Waals surface area contributed by atoms with Gasteiger partial charge in [-0.05, 0) is 48.7 Å². The SMILES string of the molecule is CCCCCCOc1ccc(C2C(C#N)=C(N)Oc3cc(OC(=O)/C=C/c4ccc(C)cc4)ccc32)cc1OC. The van der Waals surface area contributed by atoms with Gasteiger partial charge in [0.1, 0.15) is 23.1 Å². The molecule has 1 aliphatic heterocycles. The summed E-state index contributed by atoms with van der Waals surface area (Å²) >= 11 is 0. The maximum Gasteiger partial charge on any atom is 0.336 e. The maximum absolute atomic E-state index is 12.4. The van der Waals surface area contributed by atoms with Crippen LogP contribution in [0.3, 0.4) is 0 Å². The summed E-state index contributed by atoms with van der Waals surface area (Å²) in [7, 11) is 1.59. The molecule has 1 heterocycles. The predicted octanol–water partition coefficient (Wildman–Crippen LogP) is 6.80. The Kier molecular flexibility index (Phi) is 9.48. The third-order valence-electron chi connectivity index (χ3n) is 6.67. The lowest BCUT2D eigenvalue weighted by molar-refractivity contribution is -0.128. The number of allylic oxidation sites excluding steroid dienone is 1. The first-order valence-corrected chi connectivity index (χ1v) is 13.4. The van der Waals surface area contributed by atoms with Crippen LogP contribution >= 0.6 is 0 Å². The molecule has 3 aromatic carbocycles. The van der Waals surface area contributed by atoms with E-state index in [1.807, 2.05) is 49.4 Å². The Hall–Kier alpha value is -4.70. The second kappa shape index (κ2) is 13.4. The normalized spacial score (nSPS) is 14.3. The number of rotatable bonds is 11. The van der Waals surface area contributed by atoms with Gasteiger partial charge in [0.2, 0.25) is 5.88 Å². The molecule has 0 amide bonds. The van der Waals surface area contributed by atoms with Gasteiger partial charge >= 0.3 is 5.97 Å². The highest BCUT2D eigenvalue weighted by molar-refractivity contribution is 5.88. The quantitative estimate of drug-likeness (QED) is 0.124. The van der Waals surface area contributed by atoms with Gasteiger partial charge in [0.05, 0.1) is 19.6 Å². The minimum absolute atomic E-state index is 0.00189. The Morgan fingerprint density at radius 3 is 2.58 bits per heavy atom. The largest absolute Gasteiger partial charge is 0.493 e. The lowest BCUT2D eigenvalue weighted by atomic mass is 9.83. The molecule has 40 heavy (non-hydrogen) atoms. The number of hydrogen-bond donors (Lipinski definition) is 1. The standard InChI is InChI=1S/C33H34N2O5/c1-4-5-6-7-18-38-28-16-13-24(19-30(28)37-3)32-26-15-14-25(20-29(26)40-33(35)27(32)21-34)39-31(36)17-12-23-10-8-22(2)9-11-23/h8-17,19-20,32H,4-7,18,35H2,1-3H3/b17-12+. The number of ether oxygens (including phenoxy) is 4. The molecule has 7 heteroatoms. The summed E-state index contributed by atoms with van der Waals surface area (Å²) in [6, 6.07) is 20.7. The molecule has 206 valence electrons. The van der Waals surface area contributed by atoms with Crippen molar-refractivity contribution < 1.29 is 23.7 Å². The number of carbonyl (C=O) groups excluding carboxylic acids is 1. The van der Waals surface area contributed by atoms with Gasteiger partial charge in [-0.3, -0.25) is 0 Å². The Bertz CT molecular complexity index is 1450. The Balaban J connectivity index is 1.55. The van der Waals surface area contributed by atoms with Crippen molar-refractivity contribution in [2.24, 2.45) is 5.73 Å². The van der Waals surface area contributed by atoms with E-state index in [-0.39, 0.29) is 11.5 Å². The number of fused-ring (bicyclic) bond motifs is 1. The van der Waals surface area contributed by atoms with Crippen LogP contribution in [0, 0.1) is 18.3 Å². The van der Waals surface area contributed by atoms with Crippen molar-refractivity contribution in [3.63, 3.8) is 0 Å². The molecule has 0 aromatic heterocycles. The topological polar surface area (TPSA) is 104 Å². The summed E-state index contributed by atoms with van der Waals surface area (Å²) in [5.41, 5.74) is 10.0. The number of nitrogens with two attached hydrogens (primary N) is 1. The molecule has 3 aromatic rings. The summed E-state index contributed by atoms with van der Waals surface area (Å²) in [6.45, 7) is 4.78. The van der Waals surface area contributed by atoms with Crippen LogP contribution < -0.4 is 24.7 Å². The summed E-state index contributed by atoms with van der Waals surface area (Å²) in [5.74, 6) is 0.905. The number of esters is 1. The summed E-state index contributed by atoms with van der Waals surface area (Å²) < 4.78 is 22.9. The van der Waals surface area contributed by atoms with E-state index >= 15 is 0 Å². The third kappa shape index (κ3) is 6.83. The smallest absolute Gasteiger partial charge is 0.336 e. The van der Waals surface area contributed by atoms with E-state index in [0.29, 0.717) is 29.6 Å². The zero-order valence-corrected chi connectivity index (χ0v) is 23.1. The molecule has 0 radical (unpaired) electrons. The number of methoxy groups -OCH3 is 1. The zero-order valence-electron chi connectivity index (χ0n) is 23.1. The van der Waals surface area contributed by atoms with Gasteiger partial charge in [0.15, 0.2) is 11.5 Å². The number of unbranched alkanes of at least 4 members (excludes halogenated alkanes) is 3. The van der Waals surface area contributed by atoms with Crippen LogP contribution in [0.5, 0.6) is 23.0 Å². The third-order valence-corrected chi connectivity index (χ3v) is 6.67. The molecular weight excluding hydrogens is 504 g/mol. The first kappa shape index (κ1) is 28.3. The van der Waals surface area contributed by atoms with Crippen molar-refractivity contribution in [3.05, 3.63) is 100 Å². The first-order valence-electron chi connectivity index (χ1n) is 13.4. The van der Waals surface area contributed by atoms with Crippen LogP contribution in [0.4, 0.5) is 0 Å². The number of aryl methyl sites for hydroxylation is 1. The Morgan fingerprint density at radius 2 is 1.85 bits per heavy atom. The van der Waals surface area contributed by atoms with E-state index in [1.54, 1.807) is 31.4 Å². The van der Waals surface area contributed by atoms with Crippen LogP contribution in [-0.4, -0.2) is 19.7 Å². The molecule has 0 bridgehead atoms. The monoisotopic (exact) mass is 538 g/mol. The lowest BCUT2D eigenvalue weighted by Crippen LogP contribution is -2.21. The van der Waals surface area contributed by atoms with E-state index in [1.165, 1.54) is 12.5 Å². The van der Waals surface area contributed by atoms with Crippen LogP contribution in [0.25, 0.3) is 6.08 Å². The van der Waals surface area contributed by atoms with E-state index in [2.05, 4.69) is 13.0 Å². The van der Waals surface area contributed by atoms with Crippen LogP contribution in [0.2, 0.25) is 0 Å². The molecule has 0 aliphatic carbocycles. The molecule has 0 fully saturated rings. The van der Waals surface area contributed by atoms with Crippen molar-refractivity contribution in [2.45, 2.75) is 45.4 Å². The van der Waals surface area contributed by atoms with Crippen molar-refractivity contribution >= 4 is 12.0 Å². The fourth-order valence-corrected chi connectivity index (χ4v) is 4.53. The van der Waals surface area contributed by atoms with E-state index < -0.39 is 11.9 Å². The Labute approximate surface area is 235 Å². The molecule has 7 nitrogen and oxygen atoms in total. The molecule has 4 rings (SSSR count). The molecule has 2 N–H and O–H groups in total. The van der Waals surface area contributed by atoms with Gasteiger partial charge in [-0.1, -0.05) is 68.1 Å². The van der Waals surface area contributed by atoms with Crippen LogP contribution in [-0.2, 0) is 4.79 Å². The molecule has 1 unspecified atom stereocenters. The highest BCUT2D eigenvalue weighted by Crippen LogP contribution is 2.45. The van der Waals surface area contributed by atoms with Crippen molar-refractivity contribution in [1.82, 2.24) is 0 Å². The predicted molar refractivity (Wildman–Crippen MR) is 154 cm³/mol. The van der Waals surface area contributed by atoms with Gasteiger partial charge in [0.25, 0.3) is 0 Å². The van der Waals surface area contributed by atoms with Gasteiger partial charge in [-0.25, -0.2) is 4.79 Å². The number of benzene rings is 3. The Morgan fingerprint density at radius 1 is 1.05 bits per heavy atom. The molecule has 1 aliphatic rings. The fourth-order valence-electron chi connectivity index (χ4n) is 4.53. The maximum atomic E-state index is 12.4. The second-order valence-electron chi connectivity index (χ2n) is 9.61. The molecule has 0 spiro atoms. The number of carbonyl (C=O) groups is 1. The van der Waals surface area contributed by atoms with E-state index in [9.17, 15) is 10.1 Å². The van der Waals surface area contributed by atoms with Gasteiger partial charge < -0.3 is 24.7 Å². The van der Waals surface area contributed by atoms with Crippen molar-refractivity contribution in [2.75, 3.05) is 13.7 Å². The fraction of sp³-hybridized carbons (Fsp3) is 0.273. The average molecular weight is 539 g/mol. The number of nitriles is 1. The van der Waals surface area contributed by atoms with Crippen LogP contribution in [0.15, 0.2) is 78.2 Å². The van der Waals surface area contributed by atoms with Crippen molar-refractivity contribution in [1.29, 1.82) is 5.26 Å². The zero-order chi connectivity index (χ0) is 28.5.